The zero-order valence-electron chi connectivity index (χ0n) is 9.50. The molecule has 2 atom stereocenters. The fourth-order valence-corrected chi connectivity index (χ4v) is 3.64. The van der Waals surface area contributed by atoms with Crippen LogP contribution in [0.3, 0.4) is 0 Å². The minimum atomic E-state index is 0.406. The van der Waals surface area contributed by atoms with Crippen LogP contribution in [0.15, 0.2) is 46.6 Å². The van der Waals surface area contributed by atoms with Gasteiger partial charge in [0.1, 0.15) is 0 Å². The molecular weight excluding hydrogens is 200 g/mol. The molecule has 0 bridgehead atoms. The van der Waals surface area contributed by atoms with E-state index < -0.39 is 0 Å². The second kappa shape index (κ2) is 2.91. The maximum absolute atomic E-state index is 2.45. The van der Waals surface area contributed by atoms with Crippen LogP contribution in [0.5, 0.6) is 0 Å². The highest BCUT2D eigenvalue weighted by molar-refractivity contribution is 8.09. The Kier molecular flexibility index (Phi) is 1.85. The molecule has 1 fully saturated rings. The normalized spacial score (nSPS) is 36.9. The largest absolute Gasteiger partial charge is 0.140 e. The molecule has 1 aliphatic heterocycles. The van der Waals surface area contributed by atoms with E-state index in [2.05, 4.69) is 56.8 Å². The van der Waals surface area contributed by atoms with Gasteiger partial charge in [0, 0.05) is 5.25 Å². The SMILES string of the molecule is CCC1=CC=C(C)C2=CC3SC3(C)C2=C1. The van der Waals surface area contributed by atoms with Crippen molar-refractivity contribution in [2.45, 2.75) is 37.2 Å². The summed E-state index contributed by atoms with van der Waals surface area (Å²) in [5.74, 6) is 0. The average molecular weight is 216 g/mol. The zero-order valence-corrected chi connectivity index (χ0v) is 10.3. The van der Waals surface area contributed by atoms with E-state index in [0.717, 1.165) is 11.7 Å². The first kappa shape index (κ1) is 9.53. The molecule has 0 N–H and O–H groups in total. The Labute approximate surface area is 95.8 Å². The van der Waals surface area contributed by atoms with Crippen molar-refractivity contribution >= 4 is 11.8 Å². The lowest BCUT2D eigenvalue weighted by Crippen LogP contribution is -2.07. The first-order chi connectivity index (χ1) is 7.15. The summed E-state index contributed by atoms with van der Waals surface area (Å²) >= 11 is 2.09. The van der Waals surface area contributed by atoms with Gasteiger partial charge in [0.2, 0.25) is 0 Å². The first-order valence-corrected chi connectivity index (χ1v) is 6.53. The van der Waals surface area contributed by atoms with Crippen LogP contribution >= 0.6 is 11.8 Å². The average Bonchev–Trinajstić information content (AvgIpc) is 2.84. The maximum Gasteiger partial charge on any atom is 0.0546 e. The van der Waals surface area contributed by atoms with Crippen LogP contribution in [-0.2, 0) is 0 Å². The van der Waals surface area contributed by atoms with E-state index in [4.69, 9.17) is 0 Å². The summed E-state index contributed by atoms with van der Waals surface area (Å²) in [5.41, 5.74) is 5.96. The van der Waals surface area contributed by atoms with Crippen LogP contribution in [-0.4, -0.2) is 10.00 Å². The van der Waals surface area contributed by atoms with Crippen molar-refractivity contribution in [2.24, 2.45) is 0 Å². The number of thioether (sulfide) groups is 1. The van der Waals surface area contributed by atoms with E-state index in [1.807, 2.05) is 0 Å². The zero-order chi connectivity index (χ0) is 10.6. The summed E-state index contributed by atoms with van der Waals surface area (Å²) in [7, 11) is 0. The van der Waals surface area contributed by atoms with Crippen molar-refractivity contribution in [2.75, 3.05) is 0 Å². The standard InChI is InChI=1S/C14H16S/c1-4-10-6-5-9(2)11-8-13-14(3,15-13)12(11)7-10/h5-8,13H,4H2,1-3H3. The van der Waals surface area contributed by atoms with Gasteiger partial charge in [-0.3, -0.25) is 0 Å². The molecule has 0 aromatic carbocycles. The maximum atomic E-state index is 2.45. The molecule has 1 saturated heterocycles. The van der Waals surface area contributed by atoms with Gasteiger partial charge in [-0.05, 0) is 42.6 Å². The molecule has 2 aliphatic carbocycles. The fourth-order valence-electron chi connectivity index (χ4n) is 2.49. The molecule has 0 amide bonds. The highest BCUT2D eigenvalue weighted by atomic mass is 32.2. The van der Waals surface area contributed by atoms with Gasteiger partial charge in [-0.2, -0.15) is 0 Å². The van der Waals surface area contributed by atoms with Crippen molar-refractivity contribution in [1.82, 2.24) is 0 Å². The van der Waals surface area contributed by atoms with E-state index >= 15 is 0 Å². The van der Waals surface area contributed by atoms with Crippen LogP contribution in [0, 0.1) is 0 Å². The van der Waals surface area contributed by atoms with Crippen molar-refractivity contribution in [3.05, 3.63) is 46.6 Å². The third kappa shape index (κ3) is 1.22. The van der Waals surface area contributed by atoms with Gasteiger partial charge < -0.3 is 0 Å². The Balaban J connectivity index is 2.13. The Bertz CT molecular complexity index is 448. The van der Waals surface area contributed by atoms with Gasteiger partial charge in [-0.15, -0.1) is 11.8 Å². The molecule has 0 saturated carbocycles. The highest BCUT2D eigenvalue weighted by Crippen LogP contribution is 2.66. The van der Waals surface area contributed by atoms with E-state index in [0.29, 0.717) is 4.75 Å². The topological polar surface area (TPSA) is 0 Å². The Hall–Kier alpha value is -0.690. The van der Waals surface area contributed by atoms with Crippen LogP contribution in [0.25, 0.3) is 0 Å². The molecule has 78 valence electrons. The van der Waals surface area contributed by atoms with Crippen molar-refractivity contribution in [1.29, 1.82) is 0 Å². The summed E-state index contributed by atoms with van der Waals surface area (Å²) in [6.45, 7) is 6.84. The highest BCUT2D eigenvalue weighted by Gasteiger charge is 2.57. The van der Waals surface area contributed by atoms with Crippen molar-refractivity contribution in [3.63, 3.8) is 0 Å². The monoisotopic (exact) mass is 216 g/mol. The van der Waals surface area contributed by atoms with Gasteiger partial charge in [0.15, 0.2) is 0 Å². The second-order valence-electron chi connectivity index (χ2n) is 4.73. The molecular formula is C14H16S. The smallest absolute Gasteiger partial charge is 0.0546 e. The Morgan fingerprint density at radius 2 is 2.20 bits per heavy atom. The van der Waals surface area contributed by atoms with Gasteiger partial charge in [-0.1, -0.05) is 31.2 Å². The minimum Gasteiger partial charge on any atom is -0.140 e. The van der Waals surface area contributed by atoms with Gasteiger partial charge in [0.05, 0.1) is 4.75 Å². The third-order valence-corrected chi connectivity index (χ3v) is 5.28. The molecule has 0 nitrogen and oxygen atoms in total. The van der Waals surface area contributed by atoms with Gasteiger partial charge in [-0.25, -0.2) is 0 Å². The number of hydrogen-bond acceptors (Lipinski definition) is 1. The van der Waals surface area contributed by atoms with E-state index in [-0.39, 0.29) is 0 Å². The van der Waals surface area contributed by atoms with Crippen LogP contribution < -0.4 is 0 Å². The fraction of sp³-hybridized carbons (Fsp3) is 0.429. The molecule has 0 radical (unpaired) electrons. The minimum absolute atomic E-state index is 0.406. The Morgan fingerprint density at radius 3 is 2.93 bits per heavy atom. The number of fused-ring (bicyclic) bond motifs is 3. The molecule has 0 aromatic rings. The quantitative estimate of drug-likeness (QED) is 0.596. The molecule has 1 heterocycles. The molecule has 3 aliphatic rings. The summed E-state index contributed by atoms with van der Waals surface area (Å²) in [5, 5.41) is 0.748. The summed E-state index contributed by atoms with van der Waals surface area (Å²) in [4.78, 5) is 0. The molecule has 1 heteroatoms. The predicted octanol–water partition coefficient (Wildman–Crippen LogP) is 4.02. The molecule has 3 rings (SSSR count). The number of rotatable bonds is 1. The summed E-state index contributed by atoms with van der Waals surface area (Å²) < 4.78 is 0.406. The molecule has 2 unspecified atom stereocenters. The first-order valence-electron chi connectivity index (χ1n) is 5.65. The van der Waals surface area contributed by atoms with Crippen molar-refractivity contribution < 1.29 is 0 Å². The van der Waals surface area contributed by atoms with E-state index in [1.165, 1.54) is 16.7 Å². The third-order valence-electron chi connectivity index (χ3n) is 3.71. The lowest BCUT2D eigenvalue weighted by molar-refractivity contribution is 0.915. The predicted molar refractivity (Wildman–Crippen MR) is 68.1 cm³/mol. The second-order valence-corrected chi connectivity index (χ2v) is 6.32. The number of allylic oxidation sites excluding steroid dienone is 6. The summed E-state index contributed by atoms with van der Waals surface area (Å²) in [6.07, 6.45) is 10.5. The van der Waals surface area contributed by atoms with Crippen LogP contribution in [0.2, 0.25) is 0 Å². The van der Waals surface area contributed by atoms with E-state index in [1.54, 1.807) is 5.57 Å². The lowest BCUT2D eigenvalue weighted by Gasteiger charge is -2.12. The van der Waals surface area contributed by atoms with Crippen LogP contribution in [0.4, 0.5) is 0 Å². The van der Waals surface area contributed by atoms with Gasteiger partial charge >= 0.3 is 0 Å². The Morgan fingerprint density at radius 1 is 1.40 bits per heavy atom. The molecule has 0 spiro atoms. The van der Waals surface area contributed by atoms with Crippen LogP contribution in [0.1, 0.15) is 27.2 Å². The summed E-state index contributed by atoms with van der Waals surface area (Å²) in [6, 6.07) is 0. The van der Waals surface area contributed by atoms with Crippen molar-refractivity contribution in [3.8, 4) is 0 Å². The lowest BCUT2D eigenvalue weighted by atomic mass is 9.95. The van der Waals surface area contributed by atoms with E-state index in [9.17, 15) is 0 Å². The molecule has 15 heavy (non-hydrogen) atoms. The number of hydrogen-bond donors (Lipinski definition) is 0. The van der Waals surface area contributed by atoms with Gasteiger partial charge in [0.25, 0.3) is 0 Å². The molecule has 0 aromatic heterocycles.